The average Bonchev–Trinajstić information content (AvgIpc) is 2.77. The SMILES string of the molecule is COc1ccc(CNC(=O)CCC2CCCN(c3ncccn3)C2)c(OC)c1. The molecule has 0 aliphatic carbocycles. The maximum absolute atomic E-state index is 12.3. The molecule has 1 saturated heterocycles. The number of rotatable bonds is 8. The zero-order chi connectivity index (χ0) is 19.8. The number of benzene rings is 1. The van der Waals surface area contributed by atoms with Crippen LogP contribution >= 0.6 is 0 Å². The van der Waals surface area contributed by atoms with Crippen LogP contribution in [0.15, 0.2) is 36.7 Å². The molecule has 1 unspecified atom stereocenters. The van der Waals surface area contributed by atoms with Crippen molar-refractivity contribution in [2.75, 3.05) is 32.2 Å². The molecule has 1 N–H and O–H groups in total. The zero-order valence-corrected chi connectivity index (χ0v) is 16.6. The second kappa shape index (κ2) is 9.92. The lowest BCUT2D eigenvalue weighted by molar-refractivity contribution is -0.121. The number of hydrogen-bond donors (Lipinski definition) is 1. The average molecular weight is 384 g/mol. The van der Waals surface area contributed by atoms with Crippen molar-refractivity contribution in [3.05, 3.63) is 42.2 Å². The van der Waals surface area contributed by atoms with Crippen molar-refractivity contribution in [3.8, 4) is 11.5 Å². The predicted molar refractivity (Wildman–Crippen MR) is 108 cm³/mol. The molecular weight excluding hydrogens is 356 g/mol. The van der Waals surface area contributed by atoms with Crippen molar-refractivity contribution in [1.29, 1.82) is 0 Å². The van der Waals surface area contributed by atoms with Gasteiger partial charge in [0.25, 0.3) is 0 Å². The lowest BCUT2D eigenvalue weighted by Crippen LogP contribution is -2.37. The van der Waals surface area contributed by atoms with Crippen LogP contribution in [0.25, 0.3) is 0 Å². The van der Waals surface area contributed by atoms with Crippen molar-refractivity contribution < 1.29 is 14.3 Å². The molecule has 7 heteroatoms. The van der Waals surface area contributed by atoms with Gasteiger partial charge in [-0.05, 0) is 43.4 Å². The van der Waals surface area contributed by atoms with Gasteiger partial charge in [0.2, 0.25) is 11.9 Å². The van der Waals surface area contributed by atoms with Crippen molar-refractivity contribution in [1.82, 2.24) is 15.3 Å². The second-order valence-corrected chi connectivity index (χ2v) is 7.00. The summed E-state index contributed by atoms with van der Waals surface area (Å²) in [5, 5.41) is 3.00. The van der Waals surface area contributed by atoms with Gasteiger partial charge in [-0.25, -0.2) is 9.97 Å². The van der Waals surface area contributed by atoms with Crippen molar-refractivity contribution in [2.45, 2.75) is 32.2 Å². The van der Waals surface area contributed by atoms with Gasteiger partial charge in [-0.2, -0.15) is 0 Å². The van der Waals surface area contributed by atoms with Crippen LogP contribution in [0.2, 0.25) is 0 Å². The molecule has 0 bridgehead atoms. The Bertz CT molecular complexity index is 770. The Balaban J connectivity index is 1.45. The Morgan fingerprint density at radius 2 is 2.07 bits per heavy atom. The molecule has 1 aliphatic heterocycles. The molecule has 0 saturated carbocycles. The van der Waals surface area contributed by atoms with Gasteiger partial charge in [0.15, 0.2) is 0 Å². The minimum Gasteiger partial charge on any atom is -0.497 e. The van der Waals surface area contributed by atoms with Gasteiger partial charge in [-0.15, -0.1) is 0 Å². The third kappa shape index (κ3) is 5.34. The highest BCUT2D eigenvalue weighted by molar-refractivity contribution is 5.76. The third-order valence-electron chi connectivity index (χ3n) is 5.10. The van der Waals surface area contributed by atoms with Gasteiger partial charge >= 0.3 is 0 Å². The van der Waals surface area contributed by atoms with Gasteiger partial charge in [-0.3, -0.25) is 4.79 Å². The number of ether oxygens (including phenoxy) is 2. The lowest BCUT2D eigenvalue weighted by atomic mass is 9.93. The Labute approximate surface area is 166 Å². The van der Waals surface area contributed by atoms with Crippen LogP contribution < -0.4 is 19.7 Å². The third-order valence-corrected chi connectivity index (χ3v) is 5.10. The van der Waals surface area contributed by atoms with E-state index in [1.807, 2.05) is 24.3 Å². The van der Waals surface area contributed by atoms with E-state index in [4.69, 9.17) is 9.47 Å². The van der Waals surface area contributed by atoms with E-state index in [1.165, 1.54) is 0 Å². The van der Waals surface area contributed by atoms with Crippen LogP contribution in [-0.4, -0.2) is 43.2 Å². The van der Waals surface area contributed by atoms with E-state index in [0.29, 0.717) is 24.6 Å². The highest BCUT2D eigenvalue weighted by Crippen LogP contribution is 2.25. The fourth-order valence-electron chi connectivity index (χ4n) is 3.55. The van der Waals surface area contributed by atoms with E-state index in [-0.39, 0.29) is 5.91 Å². The van der Waals surface area contributed by atoms with E-state index in [0.717, 1.165) is 49.6 Å². The van der Waals surface area contributed by atoms with E-state index < -0.39 is 0 Å². The summed E-state index contributed by atoms with van der Waals surface area (Å²) < 4.78 is 10.6. The highest BCUT2D eigenvalue weighted by Gasteiger charge is 2.22. The molecule has 28 heavy (non-hydrogen) atoms. The van der Waals surface area contributed by atoms with Gasteiger partial charge in [-0.1, -0.05) is 0 Å². The Kier molecular flexibility index (Phi) is 7.06. The van der Waals surface area contributed by atoms with Crippen LogP contribution in [0.4, 0.5) is 5.95 Å². The first-order valence-corrected chi connectivity index (χ1v) is 9.69. The molecule has 1 atom stereocenters. The summed E-state index contributed by atoms with van der Waals surface area (Å²) in [6.45, 7) is 2.33. The monoisotopic (exact) mass is 384 g/mol. The number of nitrogens with one attached hydrogen (secondary N) is 1. The molecule has 1 aromatic heterocycles. The van der Waals surface area contributed by atoms with Gasteiger partial charge in [0.05, 0.1) is 14.2 Å². The number of methoxy groups -OCH3 is 2. The van der Waals surface area contributed by atoms with E-state index >= 15 is 0 Å². The first-order chi connectivity index (χ1) is 13.7. The maximum Gasteiger partial charge on any atom is 0.225 e. The number of anilines is 1. The maximum atomic E-state index is 12.3. The summed E-state index contributed by atoms with van der Waals surface area (Å²) in [5.41, 5.74) is 0.932. The quantitative estimate of drug-likeness (QED) is 0.754. The van der Waals surface area contributed by atoms with Crippen molar-refractivity contribution in [2.24, 2.45) is 5.92 Å². The number of carbonyl (C=O) groups excluding carboxylic acids is 1. The lowest BCUT2D eigenvalue weighted by Gasteiger charge is -2.32. The summed E-state index contributed by atoms with van der Waals surface area (Å²) in [4.78, 5) is 23.2. The van der Waals surface area contributed by atoms with Crippen LogP contribution in [0.5, 0.6) is 11.5 Å². The molecule has 150 valence electrons. The Morgan fingerprint density at radius 1 is 1.25 bits per heavy atom. The second-order valence-electron chi connectivity index (χ2n) is 7.00. The molecule has 0 radical (unpaired) electrons. The summed E-state index contributed by atoms with van der Waals surface area (Å²) in [7, 11) is 3.23. The Hall–Kier alpha value is -2.83. The van der Waals surface area contributed by atoms with E-state index in [1.54, 1.807) is 26.6 Å². The standard InChI is InChI=1S/C21H28N4O3/c1-27-18-8-7-17(19(13-18)28-2)14-24-20(26)9-6-16-5-3-12-25(15-16)21-22-10-4-11-23-21/h4,7-8,10-11,13,16H,3,5-6,9,12,14-15H2,1-2H3,(H,24,26). The molecular formula is C21H28N4O3. The molecule has 3 rings (SSSR count). The smallest absolute Gasteiger partial charge is 0.225 e. The number of carbonyl (C=O) groups is 1. The van der Waals surface area contributed by atoms with Crippen molar-refractivity contribution in [3.63, 3.8) is 0 Å². The molecule has 1 fully saturated rings. The van der Waals surface area contributed by atoms with Crippen LogP contribution in [0.3, 0.4) is 0 Å². The number of piperidine rings is 1. The molecule has 0 spiro atoms. The normalized spacial score (nSPS) is 16.5. The topological polar surface area (TPSA) is 76.6 Å². The first-order valence-electron chi connectivity index (χ1n) is 9.69. The first kappa shape index (κ1) is 19.9. The summed E-state index contributed by atoms with van der Waals surface area (Å²) in [5.74, 6) is 2.77. The highest BCUT2D eigenvalue weighted by atomic mass is 16.5. The number of hydrogen-bond acceptors (Lipinski definition) is 6. The largest absolute Gasteiger partial charge is 0.497 e. The van der Waals surface area contributed by atoms with Gasteiger partial charge < -0.3 is 19.7 Å². The van der Waals surface area contributed by atoms with Gasteiger partial charge in [0.1, 0.15) is 11.5 Å². The summed E-state index contributed by atoms with van der Waals surface area (Å²) in [6.07, 6.45) is 7.18. The molecule has 2 heterocycles. The molecule has 7 nitrogen and oxygen atoms in total. The zero-order valence-electron chi connectivity index (χ0n) is 16.6. The van der Waals surface area contributed by atoms with E-state index in [2.05, 4.69) is 20.2 Å². The number of amides is 1. The van der Waals surface area contributed by atoms with Crippen LogP contribution in [0, 0.1) is 5.92 Å². The molecule has 1 amide bonds. The molecule has 1 aliphatic rings. The fraction of sp³-hybridized carbons (Fsp3) is 0.476. The number of aromatic nitrogens is 2. The summed E-state index contributed by atoms with van der Waals surface area (Å²) in [6, 6.07) is 7.43. The minimum atomic E-state index is 0.0611. The predicted octanol–water partition coefficient (Wildman–Crippen LogP) is 2.81. The van der Waals surface area contributed by atoms with Crippen LogP contribution in [-0.2, 0) is 11.3 Å². The fourth-order valence-corrected chi connectivity index (χ4v) is 3.55. The Morgan fingerprint density at radius 3 is 2.82 bits per heavy atom. The number of nitrogens with zero attached hydrogens (tertiary/aromatic N) is 3. The van der Waals surface area contributed by atoms with Crippen LogP contribution in [0.1, 0.15) is 31.2 Å². The minimum absolute atomic E-state index is 0.0611. The van der Waals surface area contributed by atoms with Crippen molar-refractivity contribution >= 4 is 11.9 Å². The molecule has 1 aromatic carbocycles. The summed E-state index contributed by atoms with van der Waals surface area (Å²) >= 11 is 0. The van der Waals surface area contributed by atoms with E-state index in [9.17, 15) is 4.79 Å². The molecule has 2 aromatic rings. The van der Waals surface area contributed by atoms with Gasteiger partial charge in [0, 0.05) is 50.1 Å².